The van der Waals surface area contributed by atoms with Crippen LogP contribution < -0.4 is 11.1 Å². The van der Waals surface area contributed by atoms with Gasteiger partial charge in [0.05, 0.1) is 22.8 Å². The second-order valence-corrected chi connectivity index (χ2v) is 5.85. The standard InChI is InChI=1S/C16H12N6OS/c17-14-13-7-20-22(15(13)19-9-18-14)12-3-1-11(2-4-12)21-16(23)10-5-6-24-8-10/h1-9H,(H,21,23)(H2,17,18,19). The number of anilines is 2. The molecule has 0 bridgehead atoms. The summed E-state index contributed by atoms with van der Waals surface area (Å²) in [5, 5.41) is 11.5. The Bertz CT molecular complexity index is 1010. The largest absolute Gasteiger partial charge is 0.383 e. The molecule has 118 valence electrons. The molecule has 7 nitrogen and oxygen atoms in total. The molecule has 4 aromatic rings. The van der Waals surface area contributed by atoms with Crippen molar-refractivity contribution < 1.29 is 4.79 Å². The smallest absolute Gasteiger partial charge is 0.256 e. The topological polar surface area (TPSA) is 98.7 Å². The predicted molar refractivity (Wildman–Crippen MR) is 93.3 cm³/mol. The van der Waals surface area contributed by atoms with Crippen LogP contribution in [0.5, 0.6) is 0 Å². The van der Waals surface area contributed by atoms with Crippen molar-refractivity contribution in [3.63, 3.8) is 0 Å². The van der Waals surface area contributed by atoms with E-state index in [2.05, 4.69) is 20.4 Å². The summed E-state index contributed by atoms with van der Waals surface area (Å²) in [7, 11) is 0. The molecule has 0 fully saturated rings. The van der Waals surface area contributed by atoms with Crippen molar-refractivity contribution in [2.24, 2.45) is 0 Å². The maximum atomic E-state index is 12.0. The lowest BCUT2D eigenvalue weighted by Gasteiger charge is -2.06. The summed E-state index contributed by atoms with van der Waals surface area (Å²) in [6, 6.07) is 9.13. The van der Waals surface area contributed by atoms with E-state index in [1.54, 1.807) is 16.9 Å². The number of nitrogens with zero attached hydrogens (tertiary/aromatic N) is 4. The number of aromatic nitrogens is 4. The minimum atomic E-state index is -0.131. The van der Waals surface area contributed by atoms with Crippen LogP contribution in [0.25, 0.3) is 16.7 Å². The average molecular weight is 336 g/mol. The van der Waals surface area contributed by atoms with Gasteiger partial charge < -0.3 is 11.1 Å². The van der Waals surface area contributed by atoms with Crippen molar-refractivity contribution in [2.75, 3.05) is 11.1 Å². The fourth-order valence-electron chi connectivity index (χ4n) is 2.33. The van der Waals surface area contributed by atoms with Gasteiger partial charge in [0.2, 0.25) is 0 Å². The van der Waals surface area contributed by atoms with E-state index in [1.807, 2.05) is 35.0 Å². The molecule has 3 N–H and O–H groups in total. The SMILES string of the molecule is Nc1ncnc2c1cnn2-c1ccc(NC(=O)c2ccsc2)cc1. The van der Waals surface area contributed by atoms with E-state index in [-0.39, 0.29) is 5.91 Å². The summed E-state index contributed by atoms with van der Waals surface area (Å²) in [4.78, 5) is 20.2. The van der Waals surface area contributed by atoms with Crippen LogP contribution in [0, 0.1) is 0 Å². The van der Waals surface area contributed by atoms with Crippen LogP contribution in [0.3, 0.4) is 0 Å². The highest BCUT2D eigenvalue weighted by atomic mass is 32.1. The summed E-state index contributed by atoms with van der Waals surface area (Å²) in [6.07, 6.45) is 3.04. The highest BCUT2D eigenvalue weighted by Gasteiger charge is 2.10. The van der Waals surface area contributed by atoms with Gasteiger partial charge >= 0.3 is 0 Å². The number of amides is 1. The number of carbonyl (C=O) groups is 1. The van der Waals surface area contributed by atoms with Crippen LogP contribution in [-0.2, 0) is 0 Å². The zero-order chi connectivity index (χ0) is 16.5. The Kier molecular flexibility index (Phi) is 3.43. The van der Waals surface area contributed by atoms with Crippen LogP contribution in [-0.4, -0.2) is 25.7 Å². The zero-order valence-corrected chi connectivity index (χ0v) is 13.2. The molecule has 0 radical (unpaired) electrons. The first-order valence-electron chi connectivity index (χ1n) is 7.10. The minimum absolute atomic E-state index is 0.131. The van der Waals surface area contributed by atoms with Crippen molar-refractivity contribution in [3.05, 3.63) is 59.2 Å². The zero-order valence-electron chi connectivity index (χ0n) is 12.4. The molecule has 24 heavy (non-hydrogen) atoms. The van der Waals surface area contributed by atoms with Crippen LogP contribution in [0.1, 0.15) is 10.4 Å². The fourth-order valence-corrected chi connectivity index (χ4v) is 2.97. The van der Waals surface area contributed by atoms with Gasteiger partial charge in [-0.15, -0.1) is 0 Å². The van der Waals surface area contributed by atoms with Crippen molar-refractivity contribution in [1.29, 1.82) is 0 Å². The molecular formula is C16H12N6OS. The molecule has 4 rings (SSSR count). The van der Waals surface area contributed by atoms with E-state index in [1.165, 1.54) is 17.7 Å². The van der Waals surface area contributed by atoms with E-state index < -0.39 is 0 Å². The second kappa shape index (κ2) is 5.74. The number of nitrogens with two attached hydrogens (primary N) is 1. The summed E-state index contributed by atoms with van der Waals surface area (Å²) in [6.45, 7) is 0. The first-order valence-corrected chi connectivity index (χ1v) is 8.05. The molecule has 1 amide bonds. The first kappa shape index (κ1) is 14.3. The van der Waals surface area contributed by atoms with Crippen molar-refractivity contribution in [3.8, 4) is 5.69 Å². The van der Waals surface area contributed by atoms with Gasteiger partial charge in [-0.25, -0.2) is 14.6 Å². The molecular weight excluding hydrogens is 324 g/mol. The normalized spacial score (nSPS) is 10.8. The van der Waals surface area contributed by atoms with Gasteiger partial charge in [-0.3, -0.25) is 4.79 Å². The van der Waals surface area contributed by atoms with Crippen LogP contribution in [0.4, 0.5) is 11.5 Å². The Hall–Kier alpha value is -3.26. The van der Waals surface area contributed by atoms with Gasteiger partial charge in [-0.2, -0.15) is 16.4 Å². The lowest BCUT2D eigenvalue weighted by molar-refractivity contribution is 0.102. The number of hydrogen-bond acceptors (Lipinski definition) is 6. The molecule has 3 aromatic heterocycles. The number of nitrogens with one attached hydrogen (secondary N) is 1. The van der Waals surface area contributed by atoms with Crippen LogP contribution in [0.2, 0.25) is 0 Å². The third kappa shape index (κ3) is 2.48. The molecule has 0 spiro atoms. The molecule has 0 saturated carbocycles. The molecule has 0 atom stereocenters. The lowest BCUT2D eigenvalue weighted by Crippen LogP contribution is -2.10. The number of benzene rings is 1. The van der Waals surface area contributed by atoms with Crippen molar-refractivity contribution in [2.45, 2.75) is 0 Å². The summed E-state index contributed by atoms with van der Waals surface area (Å²) in [5.41, 5.74) is 8.63. The monoisotopic (exact) mass is 336 g/mol. The summed E-state index contributed by atoms with van der Waals surface area (Å²) >= 11 is 1.49. The van der Waals surface area contributed by atoms with E-state index in [0.717, 1.165) is 5.69 Å². The third-order valence-electron chi connectivity index (χ3n) is 3.55. The number of rotatable bonds is 3. The maximum absolute atomic E-state index is 12.0. The number of thiophene rings is 1. The number of nitrogen functional groups attached to an aromatic ring is 1. The molecule has 0 aliphatic heterocycles. The number of carbonyl (C=O) groups excluding carboxylic acids is 1. The number of fused-ring (bicyclic) bond motifs is 1. The van der Waals surface area contributed by atoms with E-state index >= 15 is 0 Å². The van der Waals surface area contributed by atoms with Gasteiger partial charge in [-0.05, 0) is 35.7 Å². The van der Waals surface area contributed by atoms with Gasteiger partial charge in [-0.1, -0.05) is 0 Å². The Labute approximate surface area is 140 Å². The van der Waals surface area contributed by atoms with Gasteiger partial charge in [0.1, 0.15) is 12.1 Å². The molecule has 0 unspecified atom stereocenters. The van der Waals surface area contributed by atoms with Crippen molar-refractivity contribution in [1.82, 2.24) is 19.7 Å². The maximum Gasteiger partial charge on any atom is 0.256 e. The Morgan fingerprint density at radius 3 is 2.75 bits per heavy atom. The highest BCUT2D eigenvalue weighted by molar-refractivity contribution is 7.08. The molecule has 8 heteroatoms. The lowest BCUT2D eigenvalue weighted by atomic mass is 10.2. The minimum Gasteiger partial charge on any atom is -0.383 e. The molecule has 0 aliphatic rings. The second-order valence-electron chi connectivity index (χ2n) is 5.07. The predicted octanol–water partition coefficient (Wildman–Crippen LogP) is 2.71. The molecule has 0 aliphatic carbocycles. The Morgan fingerprint density at radius 1 is 1.17 bits per heavy atom. The fraction of sp³-hybridized carbons (Fsp3) is 0. The van der Waals surface area contributed by atoms with E-state index in [9.17, 15) is 4.79 Å². The Balaban J connectivity index is 1.61. The van der Waals surface area contributed by atoms with Gasteiger partial charge in [0, 0.05) is 11.1 Å². The van der Waals surface area contributed by atoms with Crippen LogP contribution in [0.15, 0.2) is 53.6 Å². The third-order valence-corrected chi connectivity index (χ3v) is 4.23. The van der Waals surface area contributed by atoms with Gasteiger partial charge in [0.15, 0.2) is 5.65 Å². The molecule has 3 heterocycles. The Morgan fingerprint density at radius 2 is 2.00 bits per heavy atom. The van der Waals surface area contributed by atoms with Crippen molar-refractivity contribution >= 4 is 39.8 Å². The molecule has 1 aromatic carbocycles. The summed E-state index contributed by atoms with van der Waals surface area (Å²) < 4.78 is 1.68. The quantitative estimate of drug-likeness (QED) is 0.599. The summed E-state index contributed by atoms with van der Waals surface area (Å²) in [5.74, 6) is 0.264. The van der Waals surface area contributed by atoms with E-state index in [0.29, 0.717) is 28.1 Å². The van der Waals surface area contributed by atoms with E-state index in [4.69, 9.17) is 5.73 Å². The highest BCUT2D eigenvalue weighted by Crippen LogP contribution is 2.21. The van der Waals surface area contributed by atoms with Crippen LogP contribution >= 0.6 is 11.3 Å². The van der Waals surface area contributed by atoms with Gasteiger partial charge in [0.25, 0.3) is 5.91 Å². The molecule has 0 saturated heterocycles. The first-order chi connectivity index (χ1) is 11.7. The number of hydrogen-bond donors (Lipinski definition) is 2. The average Bonchev–Trinajstić information content (AvgIpc) is 3.26.